The molecule has 0 aliphatic rings. The lowest BCUT2D eigenvalue weighted by Gasteiger charge is -2.13. The Balaban J connectivity index is 1.52. The number of pyridine rings is 1. The van der Waals surface area contributed by atoms with E-state index in [1.165, 1.54) is 4.57 Å². The van der Waals surface area contributed by atoms with Gasteiger partial charge < -0.3 is 19.1 Å². The number of aliphatic hydroxyl groups is 1. The van der Waals surface area contributed by atoms with Crippen molar-refractivity contribution in [1.29, 1.82) is 0 Å². The highest BCUT2D eigenvalue weighted by atomic mass is 16.5. The molecule has 3 aromatic heterocycles. The fraction of sp³-hybridized carbons (Fsp3) is 0.231. The summed E-state index contributed by atoms with van der Waals surface area (Å²) in [5, 5.41) is 10.8. The maximum atomic E-state index is 12.6. The average Bonchev–Trinajstić information content (AvgIpc) is 3.22. The van der Waals surface area contributed by atoms with Crippen LogP contribution in [0.5, 0.6) is 11.5 Å². The van der Waals surface area contributed by atoms with E-state index in [0.29, 0.717) is 29.5 Å². The number of nitrogens with zero attached hydrogens (tertiary/aromatic N) is 4. The highest BCUT2D eigenvalue weighted by Gasteiger charge is 2.19. The Labute approximate surface area is 205 Å². The van der Waals surface area contributed by atoms with Crippen molar-refractivity contribution in [2.24, 2.45) is 7.05 Å². The second kappa shape index (κ2) is 9.31. The van der Waals surface area contributed by atoms with Crippen LogP contribution in [0.4, 0.5) is 0 Å². The van der Waals surface area contributed by atoms with Gasteiger partial charge in [-0.2, -0.15) is 0 Å². The number of ether oxygens (including phenoxy) is 2. The van der Waals surface area contributed by atoms with E-state index in [4.69, 9.17) is 9.47 Å². The van der Waals surface area contributed by atoms with Crippen LogP contribution in [0.2, 0.25) is 0 Å². The number of aryl methyl sites for hydroxylation is 1. The van der Waals surface area contributed by atoms with Crippen molar-refractivity contribution in [3.8, 4) is 22.9 Å². The summed E-state index contributed by atoms with van der Waals surface area (Å²) in [6, 6.07) is 15.2. The summed E-state index contributed by atoms with van der Waals surface area (Å²) in [7, 11) is 3.25. The zero-order valence-electron chi connectivity index (χ0n) is 20.1. The summed E-state index contributed by atoms with van der Waals surface area (Å²) in [4.78, 5) is 36.2. The number of hydrogen-bond donors (Lipinski definition) is 2. The van der Waals surface area contributed by atoms with Gasteiger partial charge in [-0.25, -0.2) is 9.78 Å². The normalized spacial score (nSPS) is 12.2. The minimum absolute atomic E-state index is 0.00234. The molecule has 36 heavy (non-hydrogen) atoms. The van der Waals surface area contributed by atoms with Crippen LogP contribution in [-0.2, 0) is 20.2 Å². The molecule has 0 fully saturated rings. The molecule has 0 amide bonds. The topological polar surface area (TPSA) is 124 Å². The molecule has 0 bridgehead atoms. The predicted molar refractivity (Wildman–Crippen MR) is 135 cm³/mol. The van der Waals surface area contributed by atoms with Crippen molar-refractivity contribution in [1.82, 2.24) is 24.1 Å². The second-order valence-corrected chi connectivity index (χ2v) is 8.53. The van der Waals surface area contributed by atoms with E-state index in [1.54, 1.807) is 44.0 Å². The highest BCUT2D eigenvalue weighted by Crippen LogP contribution is 2.33. The summed E-state index contributed by atoms with van der Waals surface area (Å²) in [5.74, 6) is 1.50. The lowest BCUT2D eigenvalue weighted by molar-refractivity contribution is 0.173. The van der Waals surface area contributed by atoms with Gasteiger partial charge in [0.2, 0.25) is 0 Å². The van der Waals surface area contributed by atoms with E-state index in [0.717, 1.165) is 16.5 Å². The third-order valence-corrected chi connectivity index (χ3v) is 6.00. The molecule has 1 unspecified atom stereocenters. The molecular formula is C26H25N5O5. The summed E-state index contributed by atoms with van der Waals surface area (Å²) < 4.78 is 14.6. The van der Waals surface area contributed by atoms with Crippen LogP contribution >= 0.6 is 0 Å². The third kappa shape index (κ3) is 4.11. The molecule has 184 valence electrons. The lowest BCUT2D eigenvalue weighted by atomic mass is 10.1. The van der Waals surface area contributed by atoms with Gasteiger partial charge in [0.15, 0.2) is 22.7 Å². The largest absolute Gasteiger partial charge is 0.493 e. The summed E-state index contributed by atoms with van der Waals surface area (Å²) in [6.45, 7) is 1.89. The molecule has 0 spiro atoms. The fourth-order valence-electron chi connectivity index (χ4n) is 4.31. The molecule has 5 aromatic rings. The average molecular weight is 488 g/mol. The molecule has 0 aliphatic carbocycles. The zero-order valence-corrected chi connectivity index (χ0v) is 20.1. The molecule has 10 heteroatoms. The van der Waals surface area contributed by atoms with E-state index < -0.39 is 17.4 Å². The van der Waals surface area contributed by atoms with Gasteiger partial charge in [0.1, 0.15) is 12.4 Å². The van der Waals surface area contributed by atoms with Crippen LogP contribution in [0, 0.1) is 0 Å². The Morgan fingerprint density at radius 2 is 1.94 bits per heavy atom. The van der Waals surface area contributed by atoms with Crippen molar-refractivity contribution in [3.63, 3.8) is 0 Å². The van der Waals surface area contributed by atoms with Gasteiger partial charge in [0.25, 0.3) is 5.56 Å². The molecule has 1 atom stereocenters. The number of nitrogens with one attached hydrogen (secondary N) is 1. The van der Waals surface area contributed by atoms with Crippen molar-refractivity contribution < 1.29 is 14.6 Å². The Kier molecular flexibility index (Phi) is 6.03. The van der Waals surface area contributed by atoms with Crippen molar-refractivity contribution >= 4 is 22.1 Å². The van der Waals surface area contributed by atoms with Gasteiger partial charge in [0.05, 0.1) is 25.3 Å². The van der Waals surface area contributed by atoms with E-state index in [9.17, 15) is 14.7 Å². The quantitative estimate of drug-likeness (QED) is 0.362. The van der Waals surface area contributed by atoms with Crippen molar-refractivity contribution in [2.75, 3.05) is 7.11 Å². The number of aromatic nitrogens is 5. The van der Waals surface area contributed by atoms with Gasteiger partial charge in [-0.15, -0.1) is 0 Å². The summed E-state index contributed by atoms with van der Waals surface area (Å²) in [5.41, 5.74) is 1.82. The maximum absolute atomic E-state index is 12.6. The van der Waals surface area contributed by atoms with E-state index in [1.807, 2.05) is 36.4 Å². The van der Waals surface area contributed by atoms with Crippen LogP contribution in [0.15, 0.2) is 64.3 Å². The Morgan fingerprint density at radius 3 is 2.72 bits per heavy atom. The molecule has 0 aliphatic heterocycles. The van der Waals surface area contributed by atoms with E-state index >= 15 is 0 Å². The van der Waals surface area contributed by atoms with Crippen LogP contribution < -0.4 is 20.7 Å². The first kappa shape index (κ1) is 23.3. The molecule has 0 saturated carbocycles. The molecule has 0 saturated heterocycles. The van der Waals surface area contributed by atoms with Gasteiger partial charge in [-0.1, -0.05) is 18.2 Å². The van der Waals surface area contributed by atoms with Crippen LogP contribution in [0.3, 0.4) is 0 Å². The molecule has 2 N–H and O–H groups in total. The van der Waals surface area contributed by atoms with Gasteiger partial charge >= 0.3 is 5.69 Å². The standard InChI is InChI=1S/C26H25N5O5/c1-15(32)13-31-24-22(25(33)29-26(31)34)30(2)23(28-24)16-9-10-20(21(12-16)35-3)36-14-17-6-4-8-19-18(17)7-5-11-27-19/h4-12,15,32H,13-14H2,1-3H3,(H,29,33,34). The van der Waals surface area contributed by atoms with Crippen molar-refractivity contribution in [2.45, 2.75) is 26.2 Å². The summed E-state index contributed by atoms with van der Waals surface area (Å²) in [6.07, 6.45) is 0.962. The number of fused-ring (bicyclic) bond motifs is 2. The number of hydrogen-bond acceptors (Lipinski definition) is 7. The van der Waals surface area contributed by atoms with E-state index in [-0.39, 0.29) is 17.7 Å². The number of H-pyrrole nitrogens is 1. The first-order valence-corrected chi connectivity index (χ1v) is 11.4. The van der Waals surface area contributed by atoms with Crippen LogP contribution in [0.1, 0.15) is 12.5 Å². The predicted octanol–water partition coefficient (Wildman–Crippen LogP) is 2.61. The molecule has 0 radical (unpaired) electrons. The van der Waals surface area contributed by atoms with Crippen molar-refractivity contribution in [3.05, 3.63) is 81.1 Å². The number of aromatic amines is 1. The van der Waals surface area contributed by atoms with Crippen LogP contribution in [-0.4, -0.2) is 42.4 Å². The Morgan fingerprint density at radius 1 is 1.11 bits per heavy atom. The summed E-state index contributed by atoms with van der Waals surface area (Å²) >= 11 is 0. The smallest absolute Gasteiger partial charge is 0.330 e. The molecular weight excluding hydrogens is 462 g/mol. The van der Waals surface area contributed by atoms with Gasteiger partial charge in [-0.05, 0) is 42.8 Å². The first-order valence-electron chi connectivity index (χ1n) is 11.4. The zero-order chi connectivity index (χ0) is 25.4. The first-order chi connectivity index (χ1) is 17.4. The van der Waals surface area contributed by atoms with Gasteiger partial charge in [-0.3, -0.25) is 19.3 Å². The number of imidazole rings is 1. The minimum Gasteiger partial charge on any atom is -0.493 e. The molecule has 2 aromatic carbocycles. The SMILES string of the molecule is COc1cc(-c2nc3c(c(=O)[nH]c(=O)n3CC(C)O)n2C)ccc1OCc1cccc2ncccc12. The Bertz CT molecular complexity index is 1690. The number of aliphatic hydroxyl groups excluding tert-OH is 1. The van der Waals surface area contributed by atoms with Gasteiger partial charge in [0, 0.05) is 24.2 Å². The van der Waals surface area contributed by atoms with E-state index in [2.05, 4.69) is 15.0 Å². The number of rotatable bonds is 7. The second-order valence-electron chi connectivity index (χ2n) is 8.53. The lowest BCUT2D eigenvalue weighted by Crippen LogP contribution is -2.33. The highest BCUT2D eigenvalue weighted by molar-refractivity contribution is 5.82. The molecule has 5 rings (SSSR count). The minimum atomic E-state index is -0.795. The maximum Gasteiger partial charge on any atom is 0.330 e. The fourth-order valence-corrected chi connectivity index (χ4v) is 4.31. The molecule has 3 heterocycles. The van der Waals surface area contributed by atoms with Crippen LogP contribution in [0.25, 0.3) is 33.5 Å². The monoisotopic (exact) mass is 487 g/mol. The molecule has 10 nitrogen and oxygen atoms in total. The Hall–Kier alpha value is -4.44. The third-order valence-electron chi connectivity index (χ3n) is 6.00. The number of methoxy groups -OCH3 is 1. The number of benzene rings is 2.